The summed E-state index contributed by atoms with van der Waals surface area (Å²) in [5.74, 6) is 0.714. The van der Waals surface area contributed by atoms with Crippen LogP contribution >= 0.6 is 0 Å². The summed E-state index contributed by atoms with van der Waals surface area (Å²) in [6.45, 7) is 8.12. The predicted molar refractivity (Wildman–Crippen MR) is 75.5 cm³/mol. The average Bonchev–Trinajstić information content (AvgIpc) is 2.32. The minimum absolute atomic E-state index is 0.0889. The van der Waals surface area contributed by atoms with E-state index in [1.165, 1.54) is 0 Å². The highest BCUT2D eigenvalue weighted by Gasteiger charge is 2.10. The van der Waals surface area contributed by atoms with E-state index in [0.717, 1.165) is 45.2 Å². The highest BCUT2D eigenvalue weighted by molar-refractivity contribution is 5.81. The van der Waals surface area contributed by atoms with Crippen molar-refractivity contribution in [2.45, 2.75) is 58.9 Å². The minimum atomic E-state index is -0.116. The number of aliphatic hydroxyl groups excluding tert-OH is 1. The molecule has 1 atom stereocenters. The van der Waals surface area contributed by atoms with Crippen LogP contribution in [0.15, 0.2) is 0 Å². The van der Waals surface area contributed by atoms with Gasteiger partial charge in [0.25, 0.3) is 0 Å². The van der Waals surface area contributed by atoms with Crippen molar-refractivity contribution in [2.24, 2.45) is 5.92 Å². The molecule has 0 saturated heterocycles. The maximum Gasteiger partial charge on any atom is 0.236 e. The van der Waals surface area contributed by atoms with Gasteiger partial charge in [0.2, 0.25) is 5.91 Å². The Kier molecular flexibility index (Phi) is 11.1. The SMILES string of the molecule is CC(C)CCNC(=O)C(C)NCCCCCCO. The lowest BCUT2D eigenvalue weighted by Crippen LogP contribution is -2.42. The van der Waals surface area contributed by atoms with Crippen molar-refractivity contribution in [1.82, 2.24) is 10.6 Å². The normalized spacial score (nSPS) is 12.7. The van der Waals surface area contributed by atoms with Crippen LogP contribution in [0, 0.1) is 5.92 Å². The zero-order chi connectivity index (χ0) is 13.8. The molecule has 0 aliphatic heterocycles. The molecule has 0 fully saturated rings. The molecule has 1 unspecified atom stereocenters. The molecule has 18 heavy (non-hydrogen) atoms. The van der Waals surface area contributed by atoms with Crippen LogP contribution in [0.4, 0.5) is 0 Å². The van der Waals surface area contributed by atoms with E-state index in [1.807, 2.05) is 6.92 Å². The highest BCUT2D eigenvalue weighted by Crippen LogP contribution is 1.98. The molecule has 3 N–H and O–H groups in total. The lowest BCUT2D eigenvalue weighted by atomic mass is 10.1. The second-order valence-electron chi connectivity index (χ2n) is 5.29. The first-order chi connectivity index (χ1) is 8.57. The third kappa shape index (κ3) is 10.5. The van der Waals surface area contributed by atoms with Gasteiger partial charge in [0.1, 0.15) is 0 Å². The number of nitrogens with one attached hydrogen (secondary N) is 2. The summed E-state index contributed by atoms with van der Waals surface area (Å²) >= 11 is 0. The fraction of sp³-hybridized carbons (Fsp3) is 0.929. The van der Waals surface area contributed by atoms with Gasteiger partial charge in [-0.15, -0.1) is 0 Å². The molecule has 1 amide bonds. The van der Waals surface area contributed by atoms with Crippen molar-refractivity contribution in [2.75, 3.05) is 19.7 Å². The maximum atomic E-state index is 11.7. The lowest BCUT2D eigenvalue weighted by Gasteiger charge is -2.14. The quantitative estimate of drug-likeness (QED) is 0.494. The van der Waals surface area contributed by atoms with Crippen molar-refractivity contribution in [3.05, 3.63) is 0 Å². The van der Waals surface area contributed by atoms with E-state index in [4.69, 9.17) is 5.11 Å². The maximum absolute atomic E-state index is 11.7. The molecule has 0 aliphatic rings. The van der Waals surface area contributed by atoms with Gasteiger partial charge >= 0.3 is 0 Å². The van der Waals surface area contributed by atoms with E-state index in [0.29, 0.717) is 5.92 Å². The number of hydrogen-bond donors (Lipinski definition) is 3. The third-order valence-electron chi connectivity index (χ3n) is 2.95. The van der Waals surface area contributed by atoms with Gasteiger partial charge in [-0.1, -0.05) is 26.7 Å². The zero-order valence-electron chi connectivity index (χ0n) is 12.2. The van der Waals surface area contributed by atoms with Crippen LogP contribution in [0.1, 0.15) is 52.9 Å². The molecule has 0 aromatic rings. The number of aliphatic hydroxyl groups is 1. The first-order valence-electron chi connectivity index (χ1n) is 7.20. The monoisotopic (exact) mass is 258 g/mol. The molecule has 0 radical (unpaired) electrons. The summed E-state index contributed by atoms with van der Waals surface area (Å²) in [6.07, 6.45) is 5.14. The van der Waals surface area contributed by atoms with Crippen LogP contribution in [0.5, 0.6) is 0 Å². The second-order valence-corrected chi connectivity index (χ2v) is 5.29. The van der Waals surface area contributed by atoms with E-state index in [2.05, 4.69) is 24.5 Å². The Morgan fingerprint density at radius 3 is 2.33 bits per heavy atom. The summed E-state index contributed by atoms with van der Waals surface area (Å²) in [5.41, 5.74) is 0. The van der Waals surface area contributed by atoms with E-state index in [1.54, 1.807) is 0 Å². The molecule has 0 aliphatic carbocycles. The van der Waals surface area contributed by atoms with E-state index in [-0.39, 0.29) is 18.6 Å². The second kappa shape index (κ2) is 11.5. The largest absolute Gasteiger partial charge is 0.396 e. The molecule has 4 heteroatoms. The molecular formula is C14H30N2O2. The topological polar surface area (TPSA) is 61.4 Å². The smallest absolute Gasteiger partial charge is 0.236 e. The number of carbonyl (C=O) groups is 1. The highest BCUT2D eigenvalue weighted by atomic mass is 16.2. The van der Waals surface area contributed by atoms with Crippen LogP contribution in [-0.2, 0) is 4.79 Å². The molecule has 0 rings (SSSR count). The third-order valence-corrected chi connectivity index (χ3v) is 2.95. The van der Waals surface area contributed by atoms with Gasteiger partial charge in [-0.2, -0.15) is 0 Å². The summed E-state index contributed by atoms with van der Waals surface area (Å²) in [7, 11) is 0. The Hall–Kier alpha value is -0.610. The summed E-state index contributed by atoms with van der Waals surface area (Å²) in [5, 5.41) is 14.8. The summed E-state index contributed by atoms with van der Waals surface area (Å²) in [6, 6.07) is -0.116. The number of amides is 1. The van der Waals surface area contributed by atoms with Crippen LogP contribution in [0.25, 0.3) is 0 Å². The lowest BCUT2D eigenvalue weighted by molar-refractivity contribution is -0.122. The van der Waals surface area contributed by atoms with E-state index < -0.39 is 0 Å². The number of carbonyl (C=O) groups excluding carboxylic acids is 1. The molecule has 0 saturated carbocycles. The Balaban J connectivity index is 3.44. The first kappa shape index (κ1) is 17.4. The number of hydrogen-bond acceptors (Lipinski definition) is 3. The fourth-order valence-corrected chi connectivity index (χ4v) is 1.64. The number of unbranched alkanes of at least 4 members (excludes halogenated alkanes) is 3. The predicted octanol–water partition coefficient (Wildman–Crippen LogP) is 1.68. The van der Waals surface area contributed by atoms with E-state index >= 15 is 0 Å². The van der Waals surface area contributed by atoms with Crippen LogP contribution < -0.4 is 10.6 Å². The van der Waals surface area contributed by atoms with Crippen molar-refractivity contribution in [3.8, 4) is 0 Å². The van der Waals surface area contributed by atoms with Crippen molar-refractivity contribution in [1.29, 1.82) is 0 Å². The van der Waals surface area contributed by atoms with Gasteiger partial charge in [-0.3, -0.25) is 4.79 Å². The Morgan fingerprint density at radius 1 is 1.06 bits per heavy atom. The number of rotatable bonds is 11. The summed E-state index contributed by atoms with van der Waals surface area (Å²) in [4.78, 5) is 11.7. The molecule has 0 heterocycles. The van der Waals surface area contributed by atoms with Gasteiger partial charge in [-0.05, 0) is 38.6 Å². The zero-order valence-corrected chi connectivity index (χ0v) is 12.2. The Bertz CT molecular complexity index is 208. The van der Waals surface area contributed by atoms with Gasteiger partial charge in [0.15, 0.2) is 0 Å². The van der Waals surface area contributed by atoms with Crippen molar-refractivity contribution < 1.29 is 9.90 Å². The molecule has 0 aromatic carbocycles. The van der Waals surface area contributed by atoms with Gasteiger partial charge < -0.3 is 15.7 Å². The minimum Gasteiger partial charge on any atom is -0.396 e. The first-order valence-corrected chi connectivity index (χ1v) is 7.20. The van der Waals surface area contributed by atoms with Crippen molar-refractivity contribution >= 4 is 5.91 Å². The molecule has 0 aromatic heterocycles. The van der Waals surface area contributed by atoms with Crippen molar-refractivity contribution in [3.63, 3.8) is 0 Å². The van der Waals surface area contributed by atoms with Gasteiger partial charge in [-0.25, -0.2) is 0 Å². The standard InChI is InChI=1S/C14H30N2O2/c1-12(2)8-10-16-14(18)13(3)15-9-6-4-5-7-11-17/h12-13,15,17H,4-11H2,1-3H3,(H,16,18). The summed E-state index contributed by atoms with van der Waals surface area (Å²) < 4.78 is 0. The van der Waals surface area contributed by atoms with Gasteiger partial charge in [0.05, 0.1) is 6.04 Å². The molecule has 0 bridgehead atoms. The Morgan fingerprint density at radius 2 is 1.72 bits per heavy atom. The van der Waals surface area contributed by atoms with Gasteiger partial charge in [0, 0.05) is 13.2 Å². The van der Waals surface area contributed by atoms with Crippen LogP contribution in [0.3, 0.4) is 0 Å². The fourth-order valence-electron chi connectivity index (χ4n) is 1.64. The molecule has 108 valence electrons. The average molecular weight is 258 g/mol. The molecule has 0 spiro atoms. The molecule has 4 nitrogen and oxygen atoms in total. The molecular weight excluding hydrogens is 228 g/mol. The van der Waals surface area contributed by atoms with Crippen LogP contribution in [-0.4, -0.2) is 36.8 Å². The van der Waals surface area contributed by atoms with Crippen LogP contribution in [0.2, 0.25) is 0 Å². The Labute approximate surface area is 112 Å². The van der Waals surface area contributed by atoms with E-state index in [9.17, 15) is 4.79 Å².